The van der Waals surface area contributed by atoms with Crippen LogP contribution in [0, 0.1) is 0 Å². The molecule has 0 aliphatic heterocycles. The van der Waals surface area contributed by atoms with Gasteiger partial charge in [0.2, 0.25) is 0 Å². The van der Waals surface area contributed by atoms with E-state index in [1.54, 1.807) is 0 Å². The normalized spacial score (nSPS) is 11.5. The maximum Gasteiger partial charge on any atom is 0.306 e. The van der Waals surface area contributed by atoms with E-state index < -0.39 is 0 Å². The average Bonchev–Trinajstić information content (AvgIpc) is 3.28. The van der Waals surface area contributed by atoms with Crippen LogP contribution in [-0.2, 0) is 57.7 Å². The number of rotatable bonds is 47. The van der Waals surface area contributed by atoms with Crippen molar-refractivity contribution in [3.8, 4) is 0 Å². The molecule has 9 nitrogen and oxygen atoms in total. The number of carbonyl (C=O) groups excluding carboxylic acids is 3. The highest BCUT2D eigenvalue weighted by Gasteiger charge is 2.15. The maximum absolute atomic E-state index is 12.8. The highest BCUT2D eigenvalue weighted by Crippen LogP contribution is 2.20. The fourth-order valence-electron chi connectivity index (χ4n) is 7.96. The van der Waals surface area contributed by atoms with Gasteiger partial charge < -0.3 is 28.6 Å². The molecule has 0 N–H and O–H groups in total. The molecule has 0 aliphatic rings. The number of hydrogen-bond acceptors (Lipinski definition) is 9. The summed E-state index contributed by atoms with van der Waals surface area (Å²) in [6.07, 6.45) is 35.1. The largest absolute Gasteiger partial charge is 0.466 e. The summed E-state index contributed by atoms with van der Waals surface area (Å²) < 4.78 is 29.3. The number of unbranched alkanes of at least 4 members (excludes halogenated alkanes) is 21. The Hall–Kier alpha value is -2.49. The molecule has 0 atom stereocenters. The Kier molecular flexibility index (Phi) is 41.3. The number of nitrogens with zero attached hydrogens (tertiary/aromatic N) is 1. The summed E-state index contributed by atoms with van der Waals surface area (Å²) in [6.45, 7) is 10.7. The second kappa shape index (κ2) is 44.4. The standard InChI is InChI=1S/C55H99NO8/c1-6-9-12-15-18-22-31-44-62-53(57)35-27-21-23-29-43-61-47-50-39-38-49(46-51(50)48-63-54(58)37-32-41-56(4)5)40-45-60-42-30-24-28-36-55(59)64-52(33-25-19-16-13-10-7-2)34-26-20-17-14-11-8-3/h38-39,46,52H,6-37,40-45,47-48H2,1-5H3. The molecule has 64 heavy (non-hydrogen) atoms. The minimum absolute atomic E-state index is 0.0357. The van der Waals surface area contributed by atoms with Crippen LogP contribution in [-0.4, -0.2) is 76.0 Å². The molecule has 0 bridgehead atoms. The van der Waals surface area contributed by atoms with Crippen LogP contribution in [0.3, 0.4) is 0 Å². The monoisotopic (exact) mass is 902 g/mol. The first-order valence-corrected chi connectivity index (χ1v) is 26.7. The molecule has 0 fully saturated rings. The van der Waals surface area contributed by atoms with Crippen LogP contribution >= 0.6 is 0 Å². The Bertz CT molecular complexity index is 1220. The van der Waals surface area contributed by atoms with Crippen LogP contribution in [0.5, 0.6) is 0 Å². The summed E-state index contributed by atoms with van der Waals surface area (Å²) in [6, 6.07) is 6.34. The molecule has 372 valence electrons. The molecule has 0 heterocycles. The zero-order valence-electron chi connectivity index (χ0n) is 42.3. The SMILES string of the molecule is CCCCCCCCCOC(=O)CCCCCCOCc1ccc(CCOCCCCCC(=O)OC(CCCCCCCC)CCCCCCCC)cc1COC(=O)CCCN(C)C. The first-order valence-electron chi connectivity index (χ1n) is 26.7. The van der Waals surface area contributed by atoms with Crippen molar-refractivity contribution in [2.24, 2.45) is 0 Å². The van der Waals surface area contributed by atoms with E-state index in [-0.39, 0.29) is 30.6 Å². The molecular weight excluding hydrogens is 803 g/mol. The lowest BCUT2D eigenvalue weighted by molar-refractivity contribution is -0.150. The fourth-order valence-corrected chi connectivity index (χ4v) is 7.96. The van der Waals surface area contributed by atoms with Crippen molar-refractivity contribution in [1.82, 2.24) is 4.90 Å². The van der Waals surface area contributed by atoms with E-state index >= 15 is 0 Å². The third-order valence-corrected chi connectivity index (χ3v) is 12.1. The molecule has 1 rings (SSSR count). The lowest BCUT2D eigenvalue weighted by Crippen LogP contribution is -2.18. The average molecular weight is 902 g/mol. The molecule has 0 radical (unpaired) electrons. The molecular formula is C55H99NO8. The van der Waals surface area contributed by atoms with Gasteiger partial charge in [-0.15, -0.1) is 0 Å². The Labute approximate surface area is 393 Å². The number of ether oxygens (including phenoxy) is 5. The van der Waals surface area contributed by atoms with Gasteiger partial charge >= 0.3 is 17.9 Å². The van der Waals surface area contributed by atoms with Crippen LogP contribution < -0.4 is 0 Å². The summed E-state index contributed by atoms with van der Waals surface area (Å²) in [5.74, 6) is -0.292. The van der Waals surface area contributed by atoms with Gasteiger partial charge in [-0.3, -0.25) is 14.4 Å². The van der Waals surface area contributed by atoms with Crippen molar-refractivity contribution >= 4 is 17.9 Å². The molecule has 0 spiro atoms. The third-order valence-electron chi connectivity index (χ3n) is 12.1. The maximum atomic E-state index is 12.8. The number of esters is 3. The summed E-state index contributed by atoms with van der Waals surface area (Å²) >= 11 is 0. The van der Waals surface area contributed by atoms with Gasteiger partial charge in [-0.25, -0.2) is 0 Å². The lowest BCUT2D eigenvalue weighted by Gasteiger charge is -2.18. The van der Waals surface area contributed by atoms with Gasteiger partial charge in [-0.1, -0.05) is 161 Å². The van der Waals surface area contributed by atoms with Crippen molar-refractivity contribution in [3.05, 3.63) is 34.9 Å². The predicted octanol–water partition coefficient (Wildman–Crippen LogP) is 14.4. The first kappa shape index (κ1) is 59.5. The molecule has 0 saturated heterocycles. The van der Waals surface area contributed by atoms with Crippen molar-refractivity contribution in [2.45, 2.75) is 252 Å². The fraction of sp³-hybridized carbons (Fsp3) is 0.836. The smallest absolute Gasteiger partial charge is 0.306 e. The molecule has 0 amide bonds. The van der Waals surface area contributed by atoms with E-state index in [1.165, 1.54) is 96.3 Å². The van der Waals surface area contributed by atoms with E-state index in [1.807, 2.05) is 14.1 Å². The van der Waals surface area contributed by atoms with E-state index in [4.69, 9.17) is 23.7 Å². The Balaban J connectivity index is 2.42. The summed E-state index contributed by atoms with van der Waals surface area (Å²) in [7, 11) is 4.01. The van der Waals surface area contributed by atoms with Gasteiger partial charge in [0.15, 0.2) is 0 Å². The highest BCUT2D eigenvalue weighted by atomic mass is 16.5. The minimum Gasteiger partial charge on any atom is -0.466 e. The van der Waals surface area contributed by atoms with Crippen molar-refractivity contribution in [3.63, 3.8) is 0 Å². The highest BCUT2D eigenvalue weighted by molar-refractivity contribution is 5.70. The molecule has 0 aromatic heterocycles. The number of benzene rings is 1. The van der Waals surface area contributed by atoms with E-state index in [9.17, 15) is 14.4 Å². The van der Waals surface area contributed by atoms with Crippen molar-refractivity contribution < 1.29 is 38.1 Å². The number of hydrogen-bond donors (Lipinski definition) is 0. The second-order valence-corrected chi connectivity index (χ2v) is 18.6. The molecule has 0 unspecified atom stereocenters. The van der Waals surface area contributed by atoms with Crippen LogP contribution in [0.25, 0.3) is 0 Å². The minimum atomic E-state index is -0.182. The van der Waals surface area contributed by atoms with Crippen LogP contribution in [0.2, 0.25) is 0 Å². The van der Waals surface area contributed by atoms with Gasteiger partial charge in [0, 0.05) is 32.5 Å². The lowest BCUT2D eigenvalue weighted by atomic mass is 10.0. The van der Waals surface area contributed by atoms with Crippen LogP contribution in [0.15, 0.2) is 18.2 Å². The van der Waals surface area contributed by atoms with Gasteiger partial charge in [0.1, 0.15) is 12.7 Å². The quantitative estimate of drug-likeness (QED) is 0.0359. The molecule has 1 aromatic carbocycles. The first-order chi connectivity index (χ1) is 31.3. The van der Waals surface area contributed by atoms with Gasteiger partial charge in [-0.2, -0.15) is 0 Å². The zero-order valence-corrected chi connectivity index (χ0v) is 42.3. The molecule has 1 aromatic rings. The second-order valence-electron chi connectivity index (χ2n) is 18.6. The summed E-state index contributed by atoms with van der Waals surface area (Å²) in [5, 5.41) is 0. The molecule has 9 heteroatoms. The Morgan fingerprint density at radius 1 is 0.469 bits per heavy atom. The Morgan fingerprint density at radius 2 is 0.953 bits per heavy atom. The predicted molar refractivity (Wildman–Crippen MR) is 265 cm³/mol. The van der Waals surface area contributed by atoms with Crippen molar-refractivity contribution in [2.75, 3.05) is 47.1 Å². The van der Waals surface area contributed by atoms with E-state index in [0.29, 0.717) is 52.3 Å². The van der Waals surface area contributed by atoms with E-state index in [0.717, 1.165) is 120 Å². The van der Waals surface area contributed by atoms with Gasteiger partial charge in [0.25, 0.3) is 0 Å². The number of carbonyl (C=O) groups is 3. The Morgan fingerprint density at radius 3 is 1.56 bits per heavy atom. The van der Waals surface area contributed by atoms with Gasteiger partial charge in [0.05, 0.1) is 19.8 Å². The van der Waals surface area contributed by atoms with Crippen molar-refractivity contribution in [1.29, 1.82) is 0 Å². The molecule has 0 saturated carbocycles. The molecule has 0 aliphatic carbocycles. The van der Waals surface area contributed by atoms with Crippen LogP contribution in [0.1, 0.15) is 243 Å². The zero-order chi connectivity index (χ0) is 46.6. The third kappa shape index (κ3) is 37.7. The summed E-state index contributed by atoms with van der Waals surface area (Å²) in [4.78, 5) is 39.5. The van der Waals surface area contributed by atoms with Crippen LogP contribution in [0.4, 0.5) is 0 Å². The van der Waals surface area contributed by atoms with E-state index in [2.05, 4.69) is 43.9 Å². The van der Waals surface area contributed by atoms with Gasteiger partial charge in [-0.05, 0) is 108 Å². The summed E-state index contributed by atoms with van der Waals surface area (Å²) in [5.41, 5.74) is 3.15. The topological polar surface area (TPSA) is 101 Å².